The molecule has 2 rings (SSSR count). The van der Waals surface area contributed by atoms with Crippen molar-refractivity contribution in [3.05, 3.63) is 59.7 Å². The molecule has 3 nitrogen and oxygen atoms in total. The maximum Gasteiger partial charge on any atom is 0.243 e. The summed E-state index contributed by atoms with van der Waals surface area (Å²) in [5.41, 5.74) is 1.38. The predicted octanol–water partition coefficient (Wildman–Crippen LogP) is 3.32. The lowest BCUT2D eigenvalue weighted by Crippen LogP contribution is -2.22. The zero-order valence-corrected chi connectivity index (χ0v) is 10.9. The number of halogens is 2. The van der Waals surface area contributed by atoms with Gasteiger partial charge in [-0.3, -0.25) is 4.79 Å². The Morgan fingerprint density at radius 2 is 1.90 bits per heavy atom. The number of benzene rings is 2. The molecular formula is C15H14F2N2O. The van der Waals surface area contributed by atoms with Crippen molar-refractivity contribution in [3.63, 3.8) is 0 Å². The summed E-state index contributed by atoms with van der Waals surface area (Å²) in [6, 6.07) is 10.3. The van der Waals surface area contributed by atoms with Gasteiger partial charge in [0, 0.05) is 5.69 Å². The molecule has 0 heterocycles. The Labute approximate surface area is 115 Å². The van der Waals surface area contributed by atoms with Gasteiger partial charge in [-0.1, -0.05) is 12.1 Å². The SMILES string of the molecule is Cc1cc(F)cc(NCC(=O)Nc2ccccc2F)c1. The molecule has 104 valence electrons. The molecule has 0 aliphatic carbocycles. The van der Waals surface area contributed by atoms with Gasteiger partial charge in [-0.15, -0.1) is 0 Å². The number of carbonyl (C=O) groups excluding carboxylic acids is 1. The summed E-state index contributed by atoms with van der Waals surface area (Å²) in [6.07, 6.45) is 0. The van der Waals surface area contributed by atoms with Crippen LogP contribution in [0.1, 0.15) is 5.56 Å². The molecular weight excluding hydrogens is 262 g/mol. The highest BCUT2D eigenvalue weighted by Gasteiger charge is 2.06. The van der Waals surface area contributed by atoms with Gasteiger partial charge in [0.1, 0.15) is 11.6 Å². The second-order valence-corrected chi connectivity index (χ2v) is 4.40. The van der Waals surface area contributed by atoms with Gasteiger partial charge in [0.25, 0.3) is 0 Å². The Kier molecular flexibility index (Phi) is 4.30. The third-order valence-electron chi connectivity index (χ3n) is 2.64. The summed E-state index contributed by atoms with van der Waals surface area (Å²) < 4.78 is 26.5. The van der Waals surface area contributed by atoms with Gasteiger partial charge in [-0.25, -0.2) is 8.78 Å². The minimum absolute atomic E-state index is 0.0722. The largest absolute Gasteiger partial charge is 0.376 e. The molecule has 0 saturated carbocycles. The van der Waals surface area contributed by atoms with Crippen molar-refractivity contribution in [1.82, 2.24) is 0 Å². The van der Waals surface area contributed by atoms with Crippen molar-refractivity contribution < 1.29 is 13.6 Å². The van der Waals surface area contributed by atoms with Gasteiger partial charge in [0.15, 0.2) is 0 Å². The Hall–Kier alpha value is -2.43. The minimum atomic E-state index is -0.498. The van der Waals surface area contributed by atoms with E-state index in [2.05, 4.69) is 10.6 Å². The highest BCUT2D eigenvalue weighted by molar-refractivity contribution is 5.93. The number of para-hydroxylation sites is 1. The van der Waals surface area contributed by atoms with E-state index in [4.69, 9.17) is 0 Å². The van der Waals surface area contributed by atoms with E-state index in [1.165, 1.54) is 24.3 Å². The zero-order valence-electron chi connectivity index (χ0n) is 10.9. The number of anilines is 2. The van der Waals surface area contributed by atoms with Crippen LogP contribution in [0.4, 0.5) is 20.2 Å². The van der Waals surface area contributed by atoms with Crippen LogP contribution in [0, 0.1) is 18.6 Å². The zero-order chi connectivity index (χ0) is 14.5. The van der Waals surface area contributed by atoms with Crippen LogP contribution in [0.2, 0.25) is 0 Å². The molecule has 0 aromatic heterocycles. The third-order valence-corrected chi connectivity index (χ3v) is 2.64. The second-order valence-electron chi connectivity index (χ2n) is 4.40. The molecule has 0 aliphatic heterocycles. The second kappa shape index (κ2) is 6.14. The molecule has 5 heteroatoms. The summed E-state index contributed by atoms with van der Waals surface area (Å²) in [5, 5.41) is 5.23. The predicted molar refractivity (Wildman–Crippen MR) is 74.7 cm³/mol. The quantitative estimate of drug-likeness (QED) is 0.899. The van der Waals surface area contributed by atoms with Crippen LogP contribution in [0.25, 0.3) is 0 Å². The summed E-state index contributed by atoms with van der Waals surface area (Å²) >= 11 is 0. The number of carbonyl (C=O) groups is 1. The standard InChI is InChI=1S/C15H14F2N2O/c1-10-6-11(16)8-12(7-10)18-9-15(20)19-14-5-3-2-4-13(14)17/h2-8,18H,9H2,1H3,(H,19,20). The first-order valence-corrected chi connectivity index (χ1v) is 6.10. The van der Waals surface area contributed by atoms with Crippen LogP contribution in [-0.4, -0.2) is 12.5 Å². The van der Waals surface area contributed by atoms with Crippen molar-refractivity contribution in [2.75, 3.05) is 17.2 Å². The number of rotatable bonds is 4. The Morgan fingerprint density at radius 3 is 2.60 bits per heavy atom. The molecule has 0 spiro atoms. The molecule has 0 unspecified atom stereocenters. The van der Waals surface area contributed by atoms with Crippen molar-refractivity contribution in [2.24, 2.45) is 0 Å². The number of hydrogen-bond donors (Lipinski definition) is 2. The average molecular weight is 276 g/mol. The number of amides is 1. The highest BCUT2D eigenvalue weighted by Crippen LogP contribution is 2.14. The van der Waals surface area contributed by atoms with E-state index in [9.17, 15) is 13.6 Å². The molecule has 0 saturated heterocycles. The Bertz CT molecular complexity index is 609. The molecule has 0 bridgehead atoms. The molecule has 2 aromatic rings. The van der Waals surface area contributed by atoms with E-state index >= 15 is 0 Å². The molecule has 2 aromatic carbocycles. The molecule has 0 fully saturated rings. The molecule has 2 N–H and O–H groups in total. The van der Waals surface area contributed by atoms with E-state index < -0.39 is 11.7 Å². The Morgan fingerprint density at radius 1 is 1.15 bits per heavy atom. The van der Waals surface area contributed by atoms with E-state index in [0.717, 1.165) is 5.56 Å². The monoisotopic (exact) mass is 276 g/mol. The van der Waals surface area contributed by atoms with Crippen LogP contribution < -0.4 is 10.6 Å². The van der Waals surface area contributed by atoms with Crippen LogP contribution in [-0.2, 0) is 4.79 Å². The summed E-state index contributed by atoms with van der Waals surface area (Å²) in [5.74, 6) is -1.28. The van der Waals surface area contributed by atoms with Gasteiger partial charge in [-0.2, -0.15) is 0 Å². The number of aryl methyl sites for hydroxylation is 1. The average Bonchev–Trinajstić information content (AvgIpc) is 2.38. The van der Waals surface area contributed by atoms with Gasteiger partial charge < -0.3 is 10.6 Å². The van der Waals surface area contributed by atoms with Gasteiger partial charge >= 0.3 is 0 Å². The van der Waals surface area contributed by atoms with Crippen molar-refractivity contribution in [1.29, 1.82) is 0 Å². The Balaban J connectivity index is 1.94. The van der Waals surface area contributed by atoms with Crippen LogP contribution in [0.3, 0.4) is 0 Å². The van der Waals surface area contributed by atoms with Crippen LogP contribution in [0.5, 0.6) is 0 Å². The van der Waals surface area contributed by atoms with Crippen molar-refractivity contribution >= 4 is 17.3 Å². The third kappa shape index (κ3) is 3.78. The normalized spacial score (nSPS) is 10.2. The van der Waals surface area contributed by atoms with Gasteiger partial charge in [0.05, 0.1) is 12.2 Å². The van der Waals surface area contributed by atoms with Gasteiger partial charge in [0.2, 0.25) is 5.91 Å². The topological polar surface area (TPSA) is 41.1 Å². The summed E-state index contributed by atoms with van der Waals surface area (Å²) in [4.78, 5) is 11.7. The lowest BCUT2D eigenvalue weighted by molar-refractivity contribution is -0.114. The first-order valence-electron chi connectivity index (χ1n) is 6.10. The van der Waals surface area contributed by atoms with Crippen molar-refractivity contribution in [3.8, 4) is 0 Å². The van der Waals surface area contributed by atoms with Gasteiger partial charge in [-0.05, 0) is 42.8 Å². The lowest BCUT2D eigenvalue weighted by atomic mass is 10.2. The minimum Gasteiger partial charge on any atom is -0.376 e. The lowest BCUT2D eigenvalue weighted by Gasteiger charge is -2.09. The van der Waals surface area contributed by atoms with E-state index in [-0.39, 0.29) is 18.0 Å². The molecule has 1 amide bonds. The highest BCUT2D eigenvalue weighted by atomic mass is 19.1. The van der Waals surface area contributed by atoms with Crippen LogP contribution in [0.15, 0.2) is 42.5 Å². The maximum atomic E-state index is 13.3. The van der Waals surface area contributed by atoms with Crippen molar-refractivity contribution in [2.45, 2.75) is 6.92 Å². The summed E-state index contributed by atoms with van der Waals surface area (Å²) in [6.45, 7) is 1.69. The molecule has 0 radical (unpaired) electrons. The van der Waals surface area contributed by atoms with E-state index in [0.29, 0.717) is 5.69 Å². The molecule has 20 heavy (non-hydrogen) atoms. The van der Waals surface area contributed by atoms with E-state index in [1.54, 1.807) is 25.1 Å². The smallest absolute Gasteiger partial charge is 0.243 e. The fraction of sp³-hybridized carbons (Fsp3) is 0.133. The molecule has 0 atom stereocenters. The fourth-order valence-electron chi connectivity index (χ4n) is 1.78. The number of hydrogen-bond acceptors (Lipinski definition) is 2. The van der Waals surface area contributed by atoms with Crippen LogP contribution >= 0.6 is 0 Å². The summed E-state index contributed by atoms with van der Waals surface area (Å²) in [7, 11) is 0. The van der Waals surface area contributed by atoms with E-state index in [1.807, 2.05) is 0 Å². The molecule has 0 aliphatic rings. The number of nitrogens with one attached hydrogen (secondary N) is 2. The first kappa shape index (κ1) is 14.0. The fourth-order valence-corrected chi connectivity index (χ4v) is 1.78. The first-order chi connectivity index (χ1) is 9.54. The maximum absolute atomic E-state index is 13.3.